The van der Waals surface area contributed by atoms with Gasteiger partial charge in [0, 0.05) is 13.0 Å². The van der Waals surface area contributed by atoms with Gasteiger partial charge >= 0.3 is 5.97 Å². The van der Waals surface area contributed by atoms with E-state index in [-0.39, 0.29) is 18.1 Å². The summed E-state index contributed by atoms with van der Waals surface area (Å²) < 4.78 is 6.82. The number of aromatic nitrogens is 2. The summed E-state index contributed by atoms with van der Waals surface area (Å²) in [5, 5.41) is 19.2. The SMILES string of the molecule is COCC(O)Cn1c(C(C)C)nc2c(C(=O)O)cccc21. The molecular formula is C15H20N2O4. The lowest BCUT2D eigenvalue weighted by Crippen LogP contribution is -2.22. The maximum absolute atomic E-state index is 11.3. The third-order valence-corrected chi connectivity index (χ3v) is 3.31. The second-order valence-electron chi connectivity index (χ2n) is 5.32. The third kappa shape index (κ3) is 3.06. The van der Waals surface area contributed by atoms with Crippen LogP contribution in [0.2, 0.25) is 0 Å². The van der Waals surface area contributed by atoms with Crippen molar-refractivity contribution in [3.8, 4) is 0 Å². The van der Waals surface area contributed by atoms with E-state index in [1.807, 2.05) is 24.5 Å². The van der Waals surface area contributed by atoms with Gasteiger partial charge in [0.15, 0.2) is 0 Å². The minimum Gasteiger partial charge on any atom is -0.478 e. The molecule has 6 nitrogen and oxygen atoms in total. The number of aromatic carboxylic acids is 1. The molecule has 0 amide bonds. The summed E-state index contributed by atoms with van der Waals surface area (Å²) in [6, 6.07) is 5.05. The van der Waals surface area contributed by atoms with Crippen molar-refractivity contribution < 1.29 is 19.7 Å². The molecule has 1 aromatic heterocycles. The lowest BCUT2D eigenvalue weighted by molar-refractivity contribution is 0.0537. The van der Waals surface area contributed by atoms with Gasteiger partial charge in [0.2, 0.25) is 0 Å². The Hall–Kier alpha value is -1.92. The lowest BCUT2D eigenvalue weighted by Gasteiger charge is -2.15. The molecule has 1 unspecified atom stereocenters. The number of methoxy groups -OCH3 is 1. The van der Waals surface area contributed by atoms with Crippen molar-refractivity contribution in [3.63, 3.8) is 0 Å². The summed E-state index contributed by atoms with van der Waals surface area (Å²) in [5.41, 5.74) is 1.35. The highest BCUT2D eigenvalue weighted by atomic mass is 16.5. The van der Waals surface area contributed by atoms with Gasteiger partial charge in [-0.05, 0) is 12.1 Å². The van der Waals surface area contributed by atoms with Crippen molar-refractivity contribution in [2.45, 2.75) is 32.4 Å². The van der Waals surface area contributed by atoms with E-state index in [4.69, 9.17) is 4.74 Å². The molecule has 1 atom stereocenters. The van der Waals surface area contributed by atoms with E-state index in [1.54, 1.807) is 6.07 Å². The Kier molecular flexibility index (Phi) is 4.59. The first-order valence-corrected chi connectivity index (χ1v) is 6.85. The molecular weight excluding hydrogens is 272 g/mol. The molecule has 6 heteroatoms. The highest BCUT2D eigenvalue weighted by Gasteiger charge is 2.20. The van der Waals surface area contributed by atoms with Crippen LogP contribution in [0.5, 0.6) is 0 Å². The monoisotopic (exact) mass is 292 g/mol. The van der Waals surface area contributed by atoms with E-state index in [1.165, 1.54) is 13.2 Å². The predicted octanol–water partition coefficient (Wildman–Crippen LogP) is 1.87. The predicted molar refractivity (Wildman–Crippen MR) is 78.7 cm³/mol. The molecule has 2 rings (SSSR count). The van der Waals surface area contributed by atoms with Crippen molar-refractivity contribution in [1.82, 2.24) is 9.55 Å². The van der Waals surface area contributed by atoms with Crippen molar-refractivity contribution in [3.05, 3.63) is 29.6 Å². The number of rotatable bonds is 6. The summed E-state index contributed by atoms with van der Waals surface area (Å²) in [7, 11) is 1.53. The Balaban J connectivity index is 2.58. The molecule has 0 radical (unpaired) electrons. The van der Waals surface area contributed by atoms with Gasteiger partial charge in [0.25, 0.3) is 0 Å². The number of benzene rings is 1. The molecule has 1 aromatic carbocycles. The molecule has 0 saturated heterocycles. The fraction of sp³-hybridized carbons (Fsp3) is 0.467. The standard InChI is InChI=1S/C15H20N2O4/c1-9(2)14-16-13-11(15(19)20)5-4-6-12(13)17(14)7-10(18)8-21-3/h4-6,9-10,18H,7-8H2,1-3H3,(H,19,20). The summed E-state index contributed by atoms with van der Waals surface area (Å²) >= 11 is 0. The van der Waals surface area contributed by atoms with Gasteiger partial charge in [-0.3, -0.25) is 0 Å². The van der Waals surface area contributed by atoms with Crippen LogP contribution in [0.3, 0.4) is 0 Å². The van der Waals surface area contributed by atoms with Crippen LogP contribution in [0.25, 0.3) is 11.0 Å². The molecule has 1 heterocycles. The first-order valence-electron chi connectivity index (χ1n) is 6.85. The molecule has 2 N–H and O–H groups in total. The van der Waals surface area contributed by atoms with E-state index >= 15 is 0 Å². The van der Waals surface area contributed by atoms with Crippen molar-refractivity contribution >= 4 is 17.0 Å². The second kappa shape index (κ2) is 6.24. The number of carboxylic acids is 1. The largest absolute Gasteiger partial charge is 0.478 e. The van der Waals surface area contributed by atoms with Crippen LogP contribution in [0.15, 0.2) is 18.2 Å². The number of carboxylic acid groups (broad SMARTS) is 1. The number of aliphatic hydroxyl groups is 1. The third-order valence-electron chi connectivity index (χ3n) is 3.31. The fourth-order valence-corrected chi connectivity index (χ4v) is 2.43. The zero-order valence-electron chi connectivity index (χ0n) is 12.4. The van der Waals surface area contributed by atoms with Gasteiger partial charge in [-0.1, -0.05) is 19.9 Å². The number of hydrogen-bond acceptors (Lipinski definition) is 4. The number of hydrogen-bond donors (Lipinski definition) is 2. The molecule has 114 valence electrons. The van der Waals surface area contributed by atoms with Gasteiger partial charge in [0.1, 0.15) is 11.3 Å². The van der Waals surface area contributed by atoms with Crippen molar-refractivity contribution in [2.75, 3.05) is 13.7 Å². The van der Waals surface area contributed by atoms with Crippen LogP contribution in [0.4, 0.5) is 0 Å². The fourth-order valence-electron chi connectivity index (χ4n) is 2.43. The average Bonchev–Trinajstić information content (AvgIpc) is 2.77. The van der Waals surface area contributed by atoms with E-state index in [0.29, 0.717) is 17.6 Å². The van der Waals surface area contributed by atoms with Crippen LogP contribution >= 0.6 is 0 Å². The number of imidazole rings is 1. The molecule has 21 heavy (non-hydrogen) atoms. The Labute approximate surface area is 123 Å². The molecule has 0 aliphatic heterocycles. The average molecular weight is 292 g/mol. The van der Waals surface area contributed by atoms with E-state index in [2.05, 4.69) is 4.98 Å². The summed E-state index contributed by atoms with van der Waals surface area (Å²) in [6.07, 6.45) is -0.668. The zero-order chi connectivity index (χ0) is 15.6. The van der Waals surface area contributed by atoms with Gasteiger partial charge in [-0.15, -0.1) is 0 Å². The zero-order valence-corrected chi connectivity index (χ0v) is 12.4. The van der Waals surface area contributed by atoms with Crippen molar-refractivity contribution in [2.24, 2.45) is 0 Å². The normalized spacial score (nSPS) is 13.0. The molecule has 0 aliphatic carbocycles. The van der Waals surface area contributed by atoms with Crippen molar-refractivity contribution in [1.29, 1.82) is 0 Å². The molecule has 2 aromatic rings. The van der Waals surface area contributed by atoms with Crippen LogP contribution in [-0.2, 0) is 11.3 Å². The van der Waals surface area contributed by atoms with Crippen LogP contribution in [0.1, 0.15) is 35.9 Å². The van der Waals surface area contributed by atoms with Gasteiger partial charge < -0.3 is 19.5 Å². The molecule has 0 spiro atoms. The van der Waals surface area contributed by atoms with E-state index in [0.717, 1.165) is 5.82 Å². The van der Waals surface area contributed by atoms with Gasteiger partial charge in [-0.2, -0.15) is 0 Å². The molecule has 0 aliphatic rings. The Morgan fingerprint density at radius 2 is 2.14 bits per heavy atom. The number of nitrogens with zero attached hydrogens (tertiary/aromatic N) is 2. The minimum atomic E-state index is -1.00. The maximum Gasteiger partial charge on any atom is 0.337 e. The van der Waals surface area contributed by atoms with Crippen LogP contribution in [0, 0.1) is 0 Å². The summed E-state index contributed by atoms with van der Waals surface area (Å²) in [6.45, 7) is 4.51. The Morgan fingerprint density at radius 3 is 2.71 bits per heavy atom. The number of para-hydroxylation sites is 1. The van der Waals surface area contributed by atoms with Gasteiger partial charge in [0.05, 0.1) is 30.3 Å². The topological polar surface area (TPSA) is 84.6 Å². The van der Waals surface area contributed by atoms with Crippen LogP contribution < -0.4 is 0 Å². The summed E-state index contributed by atoms with van der Waals surface area (Å²) in [5.74, 6) is -0.124. The summed E-state index contributed by atoms with van der Waals surface area (Å²) in [4.78, 5) is 15.8. The first-order chi connectivity index (χ1) is 9.95. The lowest BCUT2D eigenvalue weighted by atomic mass is 10.2. The highest BCUT2D eigenvalue weighted by molar-refractivity contribution is 6.01. The van der Waals surface area contributed by atoms with E-state index in [9.17, 15) is 15.0 Å². The Morgan fingerprint density at radius 1 is 1.43 bits per heavy atom. The number of carbonyl (C=O) groups is 1. The number of aliphatic hydroxyl groups excluding tert-OH is 1. The second-order valence-corrected chi connectivity index (χ2v) is 5.32. The molecule has 0 bridgehead atoms. The van der Waals surface area contributed by atoms with E-state index < -0.39 is 12.1 Å². The quantitative estimate of drug-likeness (QED) is 0.849. The Bertz CT molecular complexity index is 648. The number of fused-ring (bicyclic) bond motifs is 1. The minimum absolute atomic E-state index is 0.119. The first kappa shape index (κ1) is 15.5. The maximum atomic E-state index is 11.3. The highest BCUT2D eigenvalue weighted by Crippen LogP contribution is 2.25. The van der Waals surface area contributed by atoms with Crippen LogP contribution in [-0.4, -0.2) is 45.6 Å². The smallest absolute Gasteiger partial charge is 0.337 e. The number of ether oxygens (including phenoxy) is 1. The molecule has 0 fully saturated rings. The van der Waals surface area contributed by atoms with Gasteiger partial charge in [-0.25, -0.2) is 9.78 Å². The molecule has 0 saturated carbocycles.